The quantitative estimate of drug-likeness (QED) is 0.492. The molecule has 0 aliphatic carbocycles. The van der Waals surface area contributed by atoms with Crippen LogP contribution in [0.1, 0.15) is 11.5 Å². The number of aromatic nitrogens is 2. The van der Waals surface area contributed by atoms with E-state index >= 15 is 0 Å². The molecular weight excluding hydrogens is 435 g/mol. The Morgan fingerprint density at radius 3 is 2.68 bits per heavy atom. The fourth-order valence-corrected chi connectivity index (χ4v) is 6.36. The number of sulfonamides is 1. The highest BCUT2D eigenvalue weighted by Gasteiger charge is 2.41. The molecule has 1 saturated heterocycles. The Balaban J connectivity index is 1.47. The van der Waals surface area contributed by atoms with Crippen LogP contribution in [0, 0.1) is 5.82 Å². The predicted molar refractivity (Wildman–Crippen MR) is 120 cm³/mol. The number of benzene rings is 2. The summed E-state index contributed by atoms with van der Waals surface area (Å²) < 4.78 is 44.1. The number of thiophene rings is 1. The third-order valence-electron chi connectivity index (χ3n) is 5.68. The Morgan fingerprint density at radius 1 is 1.13 bits per heavy atom. The van der Waals surface area contributed by atoms with Crippen molar-refractivity contribution in [3.63, 3.8) is 0 Å². The van der Waals surface area contributed by atoms with Crippen molar-refractivity contribution in [1.82, 2.24) is 13.9 Å². The standard InChI is InChI=1S/C22H21FN4O2S2/c1-26-13-22(24-14-26)31(28,29)27-11-19(15-2-5-17(23)6-3-15)20(12-27)25-18-7-4-16-8-9-30-21(16)10-18/h2-10,13-14,19-20,25H,11-12H2,1H3. The number of aryl methyl sites for hydroxylation is 1. The normalized spacial score (nSPS) is 19.8. The topological polar surface area (TPSA) is 67.2 Å². The summed E-state index contributed by atoms with van der Waals surface area (Å²) in [5, 5.41) is 6.79. The van der Waals surface area contributed by atoms with Gasteiger partial charge in [0.05, 0.1) is 6.33 Å². The summed E-state index contributed by atoms with van der Waals surface area (Å²) in [6.45, 7) is 0.590. The summed E-state index contributed by atoms with van der Waals surface area (Å²) in [7, 11) is -1.99. The van der Waals surface area contributed by atoms with Gasteiger partial charge in [0.1, 0.15) is 5.82 Å². The predicted octanol–water partition coefficient (Wildman–Crippen LogP) is 4.04. The van der Waals surface area contributed by atoms with Crippen LogP contribution < -0.4 is 5.32 Å². The maximum absolute atomic E-state index is 13.5. The first-order valence-corrected chi connectivity index (χ1v) is 12.2. The lowest BCUT2D eigenvalue weighted by molar-refractivity contribution is 0.468. The van der Waals surface area contributed by atoms with Gasteiger partial charge in [0.25, 0.3) is 10.0 Å². The number of nitrogens with one attached hydrogen (secondary N) is 1. The number of rotatable bonds is 5. The van der Waals surface area contributed by atoms with Gasteiger partial charge >= 0.3 is 0 Å². The van der Waals surface area contributed by atoms with Gasteiger partial charge in [-0.3, -0.25) is 0 Å². The molecule has 1 fully saturated rings. The van der Waals surface area contributed by atoms with Gasteiger partial charge in [-0.1, -0.05) is 18.2 Å². The van der Waals surface area contributed by atoms with Gasteiger partial charge in [0.15, 0.2) is 5.03 Å². The Kier molecular flexibility index (Phi) is 5.04. The third-order valence-corrected chi connectivity index (χ3v) is 8.28. The lowest BCUT2D eigenvalue weighted by Crippen LogP contribution is -2.32. The highest BCUT2D eigenvalue weighted by Crippen LogP contribution is 2.34. The van der Waals surface area contributed by atoms with Crippen LogP contribution in [0.4, 0.5) is 10.1 Å². The van der Waals surface area contributed by atoms with Crippen LogP contribution in [0.25, 0.3) is 10.1 Å². The highest BCUT2D eigenvalue weighted by atomic mass is 32.2. The molecular formula is C22H21FN4O2S2. The summed E-state index contributed by atoms with van der Waals surface area (Å²) in [6, 6.07) is 14.3. The lowest BCUT2D eigenvalue weighted by Gasteiger charge is -2.21. The SMILES string of the molecule is Cn1cnc(S(=O)(=O)N2CC(Nc3ccc4ccsc4c3)C(c3ccc(F)cc3)C2)c1. The van der Waals surface area contributed by atoms with E-state index in [4.69, 9.17) is 0 Å². The minimum absolute atomic E-state index is 0.0357. The second-order valence-electron chi connectivity index (χ2n) is 7.78. The molecule has 2 aromatic carbocycles. The van der Waals surface area contributed by atoms with Gasteiger partial charge in [-0.2, -0.15) is 4.31 Å². The van der Waals surface area contributed by atoms with Gasteiger partial charge in [0.2, 0.25) is 0 Å². The largest absolute Gasteiger partial charge is 0.380 e. The highest BCUT2D eigenvalue weighted by molar-refractivity contribution is 7.89. The number of anilines is 1. The molecule has 1 N–H and O–H groups in total. The van der Waals surface area contributed by atoms with Crippen LogP contribution in [0.3, 0.4) is 0 Å². The second kappa shape index (κ2) is 7.74. The van der Waals surface area contributed by atoms with E-state index in [1.54, 1.807) is 35.1 Å². The molecule has 2 aromatic heterocycles. The zero-order chi connectivity index (χ0) is 21.6. The van der Waals surface area contributed by atoms with E-state index < -0.39 is 10.0 Å². The summed E-state index contributed by atoms with van der Waals surface area (Å²) in [5.41, 5.74) is 1.83. The van der Waals surface area contributed by atoms with Gasteiger partial charge in [-0.05, 0) is 46.7 Å². The maximum Gasteiger partial charge on any atom is 0.262 e. The zero-order valence-corrected chi connectivity index (χ0v) is 18.4. The van der Waals surface area contributed by atoms with E-state index in [1.807, 2.05) is 11.4 Å². The molecule has 1 aliphatic rings. The second-order valence-corrected chi connectivity index (χ2v) is 10.6. The Morgan fingerprint density at radius 2 is 1.94 bits per heavy atom. The van der Waals surface area contributed by atoms with Gasteiger partial charge in [0, 0.05) is 48.7 Å². The van der Waals surface area contributed by atoms with Crippen molar-refractivity contribution in [3.8, 4) is 0 Å². The van der Waals surface area contributed by atoms with Crippen LogP contribution in [0.2, 0.25) is 0 Å². The van der Waals surface area contributed by atoms with Crippen molar-refractivity contribution >= 4 is 37.1 Å². The van der Waals surface area contributed by atoms with Crippen LogP contribution in [-0.2, 0) is 17.1 Å². The van der Waals surface area contributed by atoms with E-state index in [1.165, 1.54) is 39.0 Å². The molecule has 5 rings (SSSR count). The molecule has 2 unspecified atom stereocenters. The molecule has 31 heavy (non-hydrogen) atoms. The number of hydrogen-bond donors (Lipinski definition) is 1. The van der Waals surface area contributed by atoms with Gasteiger partial charge in [-0.15, -0.1) is 11.3 Å². The van der Waals surface area contributed by atoms with Crippen molar-refractivity contribution in [2.45, 2.75) is 17.0 Å². The Hall–Kier alpha value is -2.75. The van der Waals surface area contributed by atoms with Crippen LogP contribution in [0.5, 0.6) is 0 Å². The summed E-state index contributed by atoms with van der Waals surface area (Å²) >= 11 is 1.66. The average Bonchev–Trinajstić information content (AvgIpc) is 3.48. The molecule has 1 aliphatic heterocycles. The molecule has 6 nitrogen and oxygen atoms in total. The van der Waals surface area contributed by atoms with E-state index in [9.17, 15) is 12.8 Å². The molecule has 0 bridgehead atoms. The third kappa shape index (κ3) is 3.84. The first-order chi connectivity index (χ1) is 14.9. The number of hydrogen-bond acceptors (Lipinski definition) is 5. The minimum atomic E-state index is -3.73. The molecule has 4 aromatic rings. The Labute approximate surface area is 184 Å². The van der Waals surface area contributed by atoms with Crippen LogP contribution >= 0.6 is 11.3 Å². The van der Waals surface area contributed by atoms with E-state index in [0.717, 1.165) is 11.3 Å². The molecule has 2 atom stereocenters. The average molecular weight is 457 g/mol. The Bertz CT molecular complexity index is 1330. The van der Waals surface area contributed by atoms with Crippen molar-refractivity contribution in [2.75, 3.05) is 18.4 Å². The molecule has 9 heteroatoms. The zero-order valence-electron chi connectivity index (χ0n) is 16.8. The monoisotopic (exact) mass is 456 g/mol. The number of fused-ring (bicyclic) bond motifs is 1. The van der Waals surface area contributed by atoms with Crippen molar-refractivity contribution in [2.24, 2.45) is 7.05 Å². The summed E-state index contributed by atoms with van der Waals surface area (Å²) in [6.07, 6.45) is 2.99. The van der Waals surface area contributed by atoms with E-state index in [2.05, 4.69) is 28.5 Å². The molecule has 3 heterocycles. The number of nitrogens with zero attached hydrogens (tertiary/aromatic N) is 3. The lowest BCUT2D eigenvalue weighted by atomic mass is 9.94. The summed E-state index contributed by atoms with van der Waals surface area (Å²) in [4.78, 5) is 4.04. The van der Waals surface area contributed by atoms with Gasteiger partial charge in [-0.25, -0.2) is 17.8 Å². The fourth-order valence-electron chi connectivity index (χ4n) is 4.07. The van der Waals surface area contributed by atoms with Crippen molar-refractivity contribution in [1.29, 1.82) is 0 Å². The first-order valence-electron chi connectivity index (χ1n) is 9.87. The van der Waals surface area contributed by atoms with Crippen LogP contribution in [0.15, 0.2) is 71.5 Å². The first kappa shape index (κ1) is 20.2. The number of halogens is 1. The minimum Gasteiger partial charge on any atom is -0.380 e. The molecule has 0 amide bonds. The van der Waals surface area contributed by atoms with Crippen molar-refractivity contribution in [3.05, 3.63) is 77.8 Å². The molecule has 160 valence electrons. The smallest absolute Gasteiger partial charge is 0.262 e. The van der Waals surface area contributed by atoms with Crippen LogP contribution in [-0.4, -0.2) is 41.4 Å². The van der Waals surface area contributed by atoms with Gasteiger partial charge < -0.3 is 9.88 Å². The van der Waals surface area contributed by atoms with Crippen molar-refractivity contribution < 1.29 is 12.8 Å². The molecule has 0 spiro atoms. The van der Waals surface area contributed by atoms with E-state index in [-0.39, 0.29) is 22.8 Å². The fraction of sp³-hybridized carbons (Fsp3) is 0.227. The molecule has 0 saturated carbocycles. The van der Waals surface area contributed by atoms with E-state index in [0.29, 0.717) is 13.1 Å². The summed E-state index contributed by atoms with van der Waals surface area (Å²) in [5.74, 6) is -0.439. The number of imidazole rings is 1. The molecule has 0 radical (unpaired) electrons. The maximum atomic E-state index is 13.5.